The first-order valence-electron chi connectivity index (χ1n) is 12.2. The molecule has 3 aromatic carbocycles. The Morgan fingerprint density at radius 2 is 1.79 bits per heavy atom. The Morgan fingerprint density at radius 1 is 1.00 bits per heavy atom. The number of carboxylic acids is 1. The Kier molecular flexibility index (Phi) is 7.33. The van der Waals surface area contributed by atoms with Crippen LogP contribution < -0.4 is 5.32 Å². The Bertz CT molecular complexity index is 1660. The molecule has 39 heavy (non-hydrogen) atoms. The molecule has 0 aliphatic rings. The average molecular weight is 542 g/mol. The Morgan fingerprint density at radius 3 is 2.49 bits per heavy atom. The molecular weight excluding hydrogens is 517 g/mol. The summed E-state index contributed by atoms with van der Waals surface area (Å²) in [6.07, 6.45) is -0.108. The number of aliphatic carboxylic acids is 1. The summed E-state index contributed by atoms with van der Waals surface area (Å²) in [6.45, 7) is 3.97. The number of nitrogens with one attached hydrogen (secondary N) is 1. The molecule has 5 rings (SSSR count). The van der Waals surface area contributed by atoms with Gasteiger partial charge in [0.25, 0.3) is 11.8 Å². The smallest absolute Gasteiger partial charge is 0.326 e. The highest BCUT2D eigenvalue weighted by Crippen LogP contribution is 2.28. The molecule has 1 amide bonds. The van der Waals surface area contributed by atoms with Gasteiger partial charge in [0.2, 0.25) is 5.82 Å². The highest BCUT2D eigenvalue weighted by atomic mass is 32.1. The van der Waals surface area contributed by atoms with Crippen LogP contribution in [-0.4, -0.2) is 33.2 Å². The summed E-state index contributed by atoms with van der Waals surface area (Å²) in [4.78, 5) is 31.3. The van der Waals surface area contributed by atoms with E-state index in [2.05, 4.69) is 15.5 Å². The molecule has 0 radical (unpaired) electrons. The van der Waals surface area contributed by atoms with Crippen molar-refractivity contribution in [2.45, 2.75) is 26.3 Å². The van der Waals surface area contributed by atoms with Crippen LogP contribution in [0.4, 0.5) is 4.39 Å². The lowest BCUT2D eigenvalue weighted by molar-refractivity contribution is -0.139. The molecule has 7 nitrogen and oxygen atoms in total. The maximum Gasteiger partial charge on any atom is 0.326 e. The molecule has 0 saturated heterocycles. The number of aromatic nitrogens is 2. The van der Waals surface area contributed by atoms with Gasteiger partial charge >= 0.3 is 5.97 Å². The van der Waals surface area contributed by atoms with E-state index in [1.165, 1.54) is 12.1 Å². The second-order valence-electron chi connectivity index (χ2n) is 9.16. The van der Waals surface area contributed by atoms with Crippen LogP contribution in [0.2, 0.25) is 0 Å². The SMILES string of the molecule is Cc1ccc(-c2nc(-c3ccc(CC(NC(=O)c4cccc(-c5ccc(C)s5)c4)C(=O)O)cc3F)no2)cc1. The quantitative estimate of drug-likeness (QED) is 0.238. The zero-order chi connectivity index (χ0) is 27.5. The molecule has 0 bridgehead atoms. The van der Waals surface area contributed by atoms with Gasteiger partial charge in [-0.05, 0) is 73.5 Å². The number of carbonyl (C=O) groups excluding carboxylic acids is 1. The fraction of sp³-hybridized carbons (Fsp3) is 0.133. The van der Waals surface area contributed by atoms with Crippen molar-refractivity contribution in [1.29, 1.82) is 0 Å². The minimum Gasteiger partial charge on any atom is -0.480 e. The number of nitrogens with zero attached hydrogens (tertiary/aromatic N) is 2. The standard InChI is InChI=1S/C30H24FN3O4S/c1-17-6-10-20(11-7-17)29-33-27(34-38-29)23-12-9-19(14-24(23)31)15-25(30(36)37)32-28(35)22-5-3-4-21(16-22)26-13-8-18(2)39-26/h3-14,16,25H,15H2,1-2H3,(H,32,35)(H,36,37). The second kappa shape index (κ2) is 11.0. The number of hydrogen-bond acceptors (Lipinski definition) is 6. The van der Waals surface area contributed by atoms with E-state index in [1.807, 2.05) is 56.3 Å². The van der Waals surface area contributed by atoms with E-state index in [-0.39, 0.29) is 23.7 Å². The van der Waals surface area contributed by atoms with Crippen molar-refractivity contribution in [3.8, 4) is 33.3 Å². The predicted octanol–water partition coefficient (Wildman–Crippen LogP) is 6.31. The van der Waals surface area contributed by atoms with Gasteiger partial charge < -0.3 is 14.9 Å². The number of benzene rings is 3. The van der Waals surface area contributed by atoms with E-state index in [0.717, 1.165) is 20.9 Å². The zero-order valence-corrected chi connectivity index (χ0v) is 22.0. The molecular formula is C30H24FN3O4S. The summed E-state index contributed by atoms with van der Waals surface area (Å²) in [5.41, 5.74) is 3.53. The molecule has 9 heteroatoms. The lowest BCUT2D eigenvalue weighted by Crippen LogP contribution is -2.42. The Balaban J connectivity index is 1.30. The maximum absolute atomic E-state index is 15.0. The predicted molar refractivity (Wildman–Crippen MR) is 147 cm³/mol. The van der Waals surface area contributed by atoms with Crippen LogP contribution in [0.1, 0.15) is 26.4 Å². The van der Waals surface area contributed by atoms with Crippen molar-refractivity contribution in [1.82, 2.24) is 15.5 Å². The number of halogens is 1. The molecule has 196 valence electrons. The lowest BCUT2D eigenvalue weighted by atomic mass is 10.0. The zero-order valence-electron chi connectivity index (χ0n) is 21.1. The van der Waals surface area contributed by atoms with Crippen molar-refractivity contribution < 1.29 is 23.6 Å². The van der Waals surface area contributed by atoms with Gasteiger partial charge in [0, 0.05) is 27.3 Å². The fourth-order valence-corrected chi connectivity index (χ4v) is 4.96. The first-order chi connectivity index (χ1) is 18.8. The molecule has 0 saturated carbocycles. The number of hydrogen-bond donors (Lipinski definition) is 2. The van der Waals surface area contributed by atoms with Crippen LogP contribution in [0.3, 0.4) is 0 Å². The third-order valence-corrected chi connectivity index (χ3v) is 7.24. The summed E-state index contributed by atoms with van der Waals surface area (Å²) < 4.78 is 20.3. The number of carboxylic acid groups (broad SMARTS) is 1. The lowest BCUT2D eigenvalue weighted by Gasteiger charge is -2.15. The van der Waals surface area contributed by atoms with E-state index < -0.39 is 23.7 Å². The van der Waals surface area contributed by atoms with Gasteiger partial charge in [0.15, 0.2) is 0 Å². The largest absolute Gasteiger partial charge is 0.480 e. The molecule has 2 aromatic heterocycles. The van der Waals surface area contributed by atoms with Crippen LogP contribution in [0, 0.1) is 19.7 Å². The minimum absolute atomic E-state index is 0.0820. The third-order valence-electron chi connectivity index (χ3n) is 6.19. The van der Waals surface area contributed by atoms with Gasteiger partial charge in [0.05, 0.1) is 5.56 Å². The summed E-state index contributed by atoms with van der Waals surface area (Å²) in [6, 6.07) is 21.5. The molecule has 5 aromatic rings. The van der Waals surface area contributed by atoms with Crippen LogP contribution >= 0.6 is 11.3 Å². The van der Waals surface area contributed by atoms with Gasteiger partial charge in [-0.2, -0.15) is 4.98 Å². The molecule has 0 spiro atoms. The molecule has 0 aliphatic heterocycles. The van der Waals surface area contributed by atoms with Crippen molar-refractivity contribution in [2.24, 2.45) is 0 Å². The Hall–Kier alpha value is -4.63. The van der Waals surface area contributed by atoms with Crippen molar-refractivity contribution in [3.63, 3.8) is 0 Å². The molecule has 1 unspecified atom stereocenters. The second-order valence-corrected chi connectivity index (χ2v) is 10.5. The number of carbonyl (C=O) groups is 2. The number of thiophene rings is 1. The highest BCUT2D eigenvalue weighted by molar-refractivity contribution is 7.15. The van der Waals surface area contributed by atoms with Crippen molar-refractivity contribution in [3.05, 3.63) is 106 Å². The van der Waals surface area contributed by atoms with E-state index in [9.17, 15) is 14.7 Å². The maximum atomic E-state index is 15.0. The van der Waals surface area contributed by atoms with Gasteiger partial charge in [0.1, 0.15) is 11.9 Å². The normalized spacial score (nSPS) is 11.8. The van der Waals surface area contributed by atoms with Gasteiger partial charge in [-0.25, -0.2) is 9.18 Å². The van der Waals surface area contributed by atoms with E-state index >= 15 is 4.39 Å². The number of amides is 1. The van der Waals surface area contributed by atoms with E-state index in [1.54, 1.807) is 35.6 Å². The fourth-order valence-electron chi connectivity index (χ4n) is 4.09. The molecule has 1 atom stereocenters. The first kappa shape index (κ1) is 26.0. The van der Waals surface area contributed by atoms with Crippen molar-refractivity contribution in [2.75, 3.05) is 0 Å². The third kappa shape index (κ3) is 5.94. The first-order valence-corrected chi connectivity index (χ1v) is 13.0. The monoisotopic (exact) mass is 541 g/mol. The van der Waals surface area contributed by atoms with Crippen LogP contribution in [0.5, 0.6) is 0 Å². The topological polar surface area (TPSA) is 105 Å². The summed E-state index contributed by atoms with van der Waals surface area (Å²) in [5, 5.41) is 16.2. The van der Waals surface area contributed by atoms with Crippen LogP contribution in [-0.2, 0) is 11.2 Å². The van der Waals surface area contributed by atoms with Crippen LogP contribution in [0.25, 0.3) is 33.3 Å². The molecule has 0 fully saturated rings. The van der Waals surface area contributed by atoms with Crippen LogP contribution in [0.15, 0.2) is 83.4 Å². The average Bonchev–Trinajstić information content (AvgIpc) is 3.58. The molecule has 2 N–H and O–H groups in total. The van der Waals surface area contributed by atoms with E-state index in [4.69, 9.17) is 4.52 Å². The minimum atomic E-state index is -1.26. The number of rotatable bonds is 8. The van der Waals surface area contributed by atoms with Gasteiger partial charge in [-0.15, -0.1) is 11.3 Å². The number of aryl methyl sites for hydroxylation is 2. The summed E-state index contributed by atoms with van der Waals surface area (Å²) in [5.74, 6) is -2.03. The van der Waals surface area contributed by atoms with Crippen molar-refractivity contribution >= 4 is 23.2 Å². The molecule has 0 aliphatic carbocycles. The summed E-state index contributed by atoms with van der Waals surface area (Å²) in [7, 11) is 0. The van der Waals surface area contributed by atoms with Gasteiger partial charge in [-0.3, -0.25) is 4.79 Å². The Labute approximate surface area is 228 Å². The molecule has 2 heterocycles. The highest BCUT2D eigenvalue weighted by Gasteiger charge is 2.23. The van der Waals surface area contributed by atoms with Gasteiger partial charge in [-0.1, -0.05) is 41.1 Å². The van der Waals surface area contributed by atoms with E-state index in [0.29, 0.717) is 16.7 Å². The summed E-state index contributed by atoms with van der Waals surface area (Å²) >= 11 is 1.61.